The van der Waals surface area contributed by atoms with Gasteiger partial charge in [0.25, 0.3) is 0 Å². The molecule has 0 saturated carbocycles. The van der Waals surface area contributed by atoms with Gasteiger partial charge in [0.05, 0.1) is 13.1 Å². The molecule has 4 nitrogen and oxygen atoms in total. The molecule has 0 aromatic heterocycles. The van der Waals surface area contributed by atoms with Crippen molar-refractivity contribution in [2.24, 2.45) is 15.7 Å². The standard InChI is InChI=1S/C9H15F3N4/c1-2-4-16-5-3-14-7(6-16)15-8(13)9(10,11)12/h2-6H2,1H3,(H2,13,14,15). The Balaban J connectivity index is 2.65. The Kier molecular flexibility index (Phi) is 4.28. The lowest BCUT2D eigenvalue weighted by Crippen LogP contribution is -2.39. The average molecular weight is 236 g/mol. The molecule has 0 amide bonds. The average Bonchev–Trinajstić information content (AvgIpc) is 2.17. The van der Waals surface area contributed by atoms with Gasteiger partial charge >= 0.3 is 6.18 Å². The van der Waals surface area contributed by atoms with Gasteiger partial charge in [0.2, 0.25) is 5.84 Å². The highest BCUT2D eigenvalue weighted by atomic mass is 19.4. The Morgan fingerprint density at radius 1 is 1.56 bits per heavy atom. The van der Waals surface area contributed by atoms with Gasteiger partial charge in [-0.05, 0) is 13.0 Å². The number of alkyl halides is 3. The van der Waals surface area contributed by atoms with Gasteiger partial charge in [0, 0.05) is 6.54 Å². The van der Waals surface area contributed by atoms with E-state index >= 15 is 0 Å². The van der Waals surface area contributed by atoms with Crippen LogP contribution in [0.5, 0.6) is 0 Å². The van der Waals surface area contributed by atoms with Crippen molar-refractivity contribution in [2.45, 2.75) is 19.5 Å². The first-order valence-electron chi connectivity index (χ1n) is 5.10. The second-order valence-corrected chi connectivity index (χ2v) is 3.57. The maximum atomic E-state index is 12.1. The third-order valence-corrected chi connectivity index (χ3v) is 2.16. The smallest absolute Gasteiger partial charge is 0.380 e. The molecule has 0 atom stereocenters. The predicted octanol–water partition coefficient (Wildman–Crippen LogP) is 1.03. The highest BCUT2D eigenvalue weighted by Gasteiger charge is 2.34. The quantitative estimate of drug-likeness (QED) is 0.575. The first-order chi connectivity index (χ1) is 7.43. The number of rotatable bonds is 2. The van der Waals surface area contributed by atoms with Crippen molar-refractivity contribution in [2.75, 3.05) is 26.2 Å². The Morgan fingerprint density at radius 2 is 2.25 bits per heavy atom. The zero-order valence-electron chi connectivity index (χ0n) is 9.09. The molecule has 1 aliphatic heterocycles. The Bertz CT molecular complexity index is 296. The number of nitrogens with zero attached hydrogens (tertiary/aromatic N) is 3. The zero-order valence-corrected chi connectivity index (χ0v) is 9.09. The van der Waals surface area contributed by atoms with E-state index in [9.17, 15) is 13.2 Å². The van der Waals surface area contributed by atoms with Gasteiger partial charge < -0.3 is 5.73 Å². The minimum Gasteiger partial charge on any atom is -0.380 e. The molecular weight excluding hydrogens is 221 g/mol. The lowest BCUT2D eigenvalue weighted by atomic mass is 10.3. The third kappa shape index (κ3) is 3.80. The number of nitrogens with two attached hydrogens (primary N) is 1. The lowest BCUT2D eigenvalue weighted by molar-refractivity contribution is -0.0597. The molecule has 1 rings (SSSR count). The third-order valence-electron chi connectivity index (χ3n) is 2.16. The number of aliphatic imine (C=N–C) groups is 2. The van der Waals surface area contributed by atoms with Crippen LogP contribution in [0.2, 0.25) is 0 Å². The summed E-state index contributed by atoms with van der Waals surface area (Å²) in [7, 11) is 0. The summed E-state index contributed by atoms with van der Waals surface area (Å²) in [5, 5.41) is 0. The maximum Gasteiger partial charge on any atom is 0.449 e. The second-order valence-electron chi connectivity index (χ2n) is 3.57. The van der Waals surface area contributed by atoms with E-state index in [-0.39, 0.29) is 5.84 Å². The predicted molar refractivity (Wildman–Crippen MR) is 56.7 cm³/mol. The first-order valence-corrected chi connectivity index (χ1v) is 5.10. The molecule has 0 spiro atoms. The van der Waals surface area contributed by atoms with E-state index in [0.29, 0.717) is 13.1 Å². The maximum absolute atomic E-state index is 12.1. The van der Waals surface area contributed by atoms with E-state index < -0.39 is 12.0 Å². The molecule has 0 bridgehead atoms. The van der Waals surface area contributed by atoms with Crippen LogP contribution in [0.25, 0.3) is 0 Å². The highest BCUT2D eigenvalue weighted by Crippen LogP contribution is 2.14. The molecular formula is C9H15F3N4. The molecule has 0 unspecified atom stereocenters. The van der Waals surface area contributed by atoms with Crippen LogP contribution >= 0.6 is 0 Å². The van der Waals surface area contributed by atoms with Crippen LogP contribution in [0.4, 0.5) is 13.2 Å². The van der Waals surface area contributed by atoms with Crippen LogP contribution in [-0.4, -0.2) is 48.9 Å². The summed E-state index contributed by atoms with van der Waals surface area (Å²) in [5.41, 5.74) is 4.83. The van der Waals surface area contributed by atoms with Gasteiger partial charge in [0.1, 0.15) is 5.84 Å². The summed E-state index contributed by atoms with van der Waals surface area (Å²) in [6.07, 6.45) is -3.62. The normalized spacial score (nSPS) is 19.8. The van der Waals surface area contributed by atoms with Crippen molar-refractivity contribution in [3.8, 4) is 0 Å². The van der Waals surface area contributed by atoms with Gasteiger partial charge in [0.15, 0.2) is 0 Å². The van der Waals surface area contributed by atoms with Gasteiger partial charge in [-0.2, -0.15) is 13.2 Å². The molecule has 1 heterocycles. The molecule has 0 aromatic carbocycles. The minimum absolute atomic E-state index is 0.162. The van der Waals surface area contributed by atoms with Crippen molar-refractivity contribution in [1.29, 1.82) is 0 Å². The van der Waals surface area contributed by atoms with Crippen molar-refractivity contribution in [1.82, 2.24) is 4.90 Å². The van der Waals surface area contributed by atoms with Crippen LogP contribution in [0.1, 0.15) is 13.3 Å². The van der Waals surface area contributed by atoms with Gasteiger partial charge in [-0.15, -0.1) is 0 Å². The van der Waals surface area contributed by atoms with Gasteiger partial charge in [-0.25, -0.2) is 4.99 Å². The molecule has 0 aromatic rings. The summed E-state index contributed by atoms with van der Waals surface area (Å²) in [6, 6.07) is 0. The molecule has 2 N–H and O–H groups in total. The molecule has 0 saturated heterocycles. The number of hydrogen-bond donors (Lipinski definition) is 1. The minimum atomic E-state index is -4.57. The molecule has 1 aliphatic rings. The number of halogens is 3. The lowest BCUT2D eigenvalue weighted by Gasteiger charge is -2.24. The molecule has 16 heavy (non-hydrogen) atoms. The first kappa shape index (κ1) is 13.0. The van der Waals surface area contributed by atoms with Crippen LogP contribution < -0.4 is 5.73 Å². The van der Waals surface area contributed by atoms with Gasteiger partial charge in [-0.1, -0.05) is 6.92 Å². The molecule has 0 radical (unpaired) electrons. The summed E-state index contributed by atoms with van der Waals surface area (Å²) in [4.78, 5) is 9.25. The van der Waals surface area contributed by atoms with Crippen LogP contribution in [0.3, 0.4) is 0 Å². The van der Waals surface area contributed by atoms with E-state index in [1.54, 1.807) is 0 Å². The fourth-order valence-electron chi connectivity index (χ4n) is 1.43. The molecule has 7 heteroatoms. The number of amidine groups is 2. The van der Waals surface area contributed by atoms with Crippen molar-refractivity contribution >= 4 is 11.7 Å². The van der Waals surface area contributed by atoms with Crippen LogP contribution in [0.15, 0.2) is 9.98 Å². The van der Waals surface area contributed by atoms with E-state index in [1.165, 1.54) is 0 Å². The van der Waals surface area contributed by atoms with Crippen LogP contribution in [-0.2, 0) is 0 Å². The summed E-state index contributed by atoms with van der Waals surface area (Å²) >= 11 is 0. The summed E-state index contributed by atoms with van der Waals surface area (Å²) < 4.78 is 36.4. The van der Waals surface area contributed by atoms with Crippen LogP contribution in [0, 0.1) is 0 Å². The monoisotopic (exact) mass is 236 g/mol. The topological polar surface area (TPSA) is 54.0 Å². The van der Waals surface area contributed by atoms with Gasteiger partial charge in [-0.3, -0.25) is 9.89 Å². The van der Waals surface area contributed by atoms with E-state index in [0.717, 1.165) is 19.5 Å². The van der Waals surface area contributed by atoms with E-state index in [1.807, 2.05) is 11.8 Å². The summed E-state index contributed by atoms with van der Waals surface area (Å²) in [5.74, 6) is -1.17. The van der Waals surface area contributed by atoms with E-state index in [4.69, 9.17) is 5.73 Å². The molecule has 0 fully saturated rings. The van der Waals surface area contributed by atoms with E-state index in [2.05, 4.69) is 9.98 Å². The SMILES string of the molecule is CCCN1CCN=C(N=C(N)C(F)(F)F)C1. The Morgan fingerprint density at radius 3 is 2.81 bits per heavy atom. The number of hydrogen-bond acceptors (Lipinski definition) is 3. The van der Waals surface area contributed by atoms with Crippen molar-refractivity contribution in [3.05, 3.63) is 0 Å². The van der Waals surface area contributed by atoms with Crippen molar-refractivity contribution < 1.29 is 13.2 Å². The molecule has 0 aliphatic carbocycles. The second kappa shape index (κ2) is 5.29. The summed E-state index contributed by atoms with van der Waals surface area (Å²) in [6.45, 7) is 4.42. The highest BCUT2D eigenvalue weighted by molar-refractivity contribution is 5.99. The Hall–Kier alpha value is -1.11. The largest absolute Gasteiger partial charge is 0.449 e. The fraction of sp³-hybridized carbons (Fsp3) is 0.778. The Labute approximate surface area is 92.0 Å². The molecule has 92 valence electrons. The van der Waals surface area contributed by atoms with Crippen molar-refractivity contribution in [3.63, 3.8) is 0 Å². The zero-order chi connectivity index (χ0) is 12.2. The fourth-order valence-corrected chi connectivity index (χ4v) is 1.43.